The number of hydrogen-bond donors (Lipinski definition) is 1. The van der Waals surface area contributed by atoms with Gasteiger partial charge in [0.2, 0.25) is 0 Å². The monoisotopic (exact) mass is 187 g/mol. The lowest BCUT2D eigenvalue weighted by molar-refractivity contribution is 0.252. The molecule has 2 aliphatic heterocycles. The predicted octanol–water partition coefficient (Wildman–Crippen LogP) is 1.14. The number of primary amides is 1. The first-order valence-electron chi connectivity index (χ1n) is 4.52. The lowest BCUT2D eigenvalue weighted by Gasteiger charge is -2.41. The Morgan fingerprint density at radius 3 is 3.14 bits per heavy atom. The first-order valence-corrected chi connectivity index (χ1v) is 4.52. The topological polar surface area (TPSA) is 59.2 Å². The van der Waals surface area contributed by atoms with Crippen LogP contribution in [0.15, 0.2) is 24.4 Å². The largest absolute Gasteiger partial charge is 0.351 e. The number of nitrogens with zero attached hydrogens (tertiary/aromatic N) is 2. The molecule has 1 aromatic rings. The predicted molar refractivity (Wildman–Crippen MR) is 52.7 cm³/mol. The van der Waals surface area contributed by atoms with Crippen LogP contribution in [-0.2, 0) is 0 Å². The maximum atomic E-state index is 11.2. The zero-order valence-electron chi connectivity index (χ0n) is 7.47. The highest BCUT2D eigenvalue weighted by atomic mass is 16.2. The Kier molecular flexibility index (Phi) is 1.27. The minimum absolute atomic E-state index is 0.130. The highest BCUT2D eigenvalue weighted by Gasteiger charge is 2.38. The summed E-state index contributed by atoms with van der Waals surface area (Å²) in [5.74, 6) is 0.703. The summed E-state index contributed by atoms with van der Waals surface area (Å²) in [5.41, 5.74) is 7.62. The van der Waals surface area contributed by atoms with E-state index in [0.717, 1.165) is 12.0 Å². The molecule has 0 aromatic carbocycles. The van der Waals surface area contributed by atoms with Crippen molar-refractivity contribution in [3.63, 3.8) is 0 Å². The van der Waals surface area contributed by atoms with Gasteiger partial charge in [-0.3, -0.25) is 4.90 Å². The molecule has 0 saturated heterocycles. The zero-order chi connectivity index (χ0) is 9.71. The summed E-state index contributed by atoms with van der Waals surface area (Å²) in [6.45, 7) is 0. The number of amides is 2. The maximum Gasteiger partial charge on any atom is 0.321 e. The van der Waals surface area contributed by atoms with Crippen molar-refractivity contribution in [2.45, 2.75) is 12.5 Å². The van der Waals surface area contributed by atoms with Crippen LogP contribution in [0.25, 0.3) is 5.57 Å². The van der Waals surface area contributed by atoms with Gasteiger partial charge in [-0.05, 0) is 24.1 Å². The van der Waals surface area contributed by atoms with E-state index >= 15 is 0 Å². The van der Waals surface area contributed by atoms with Gasteiger partial charge >= 0.3 is 6.03 Å². The third kappa shape index (κ3) is 0.775. The zero-order valence-corrected chi connectivity index (χ0v) is 7.47. The minimum atomic E-state index is -0.426. The molecule has 70 valence electrons. The number of nitrogens with two attached hydrogens (primary N) is 1. The molecule has 3 aliphatic rings. The van der Waals surface area contributed by atoms with Gasteiger partial charge in [0.25, 0.3) is 0 Å². The highest BCUT2D eigenvalue weighted by Crippen LogP contribution is 2.43. The first-order chi connectivity index (χ1) is 6.77. The highest BCUT2D eigenvalue weighted by molar-refractivity contribution is 5.99. The summed E-state index contributed by atoms with van der Waals surface area (Å²) in [6.07, 6.45) is 4.65. The van der Waals surface area contributed by atoms with Gasteiger partial charge in [0.15, 0.2) is 0 Å². The fraction of sp³-hybridized carbons (Fsp3) is 0.200. The quantitative estimate of drug-likeness (QED) is 0.662. The number of pyridine rings is 1. The molecule has 2 N–H and O–H groups in total. The third-order valence-corrected chi connectivity index (χ3v) is 2.75. The van der Waals surface area contributed by atoms with E-state index in [9.17, 15) is 4.79 Å². The Bertz CT molecular complexity index is 452. The minimum Gasteiger partial charge on any atom is -0.351 e. The SMILES string of the molecule is NC(=O)N1c2ncccc2C2=CC1C2. The van der Waals surface area contributed by atoms with Crippen LogP contribution >= 0.6 is 0 Å². The Labute approximate surface area is 81.0 Å². The van der Waals surface area contributed by atoms with Gasteiger partial charge in [0.05, 0.1) is 6.04 Å². The van der Waals surface area contributed by atoms with E-state index < -0.39 is 6.03 Å². The molecule has 1 aromatic heterocycles. The Morgan fingerprint density at radius 1 is 1.64 bits per heavy atom. The van der Waals surface area contributed by atoms with Crippen LogP contribution in [0, 0.1) is 0 Å². The van der Waals surface area contributed by atoms with Crippen molar-refractivity contribution in [1.29, 1.82) is 0 Å². The molecule has 1 atom stereocenters. The summed E-state index contributed by atoms with van der Waals surface area (Å²) in [4.78, 5) is 17.0. The molecule has 0 spiro atoms. The lowest BCUT2D eigenvalue weighted by Crippen LogP contribution is -2.49. The van der Waals surface area contributed by atoms with Crippen molar-refractivity contribution >= 4 is 17.4 Å². The normalized spacial score (nSPS) is 22.1. The Hall–Kier alpha value is -1.84. The van der Waals surface area contributed by atoms with E-state index in [0.29, 0.717) is 5.82 Å². The fourth-order valence-electron chi connectivity index (χ4n) is 2.05. The number of anilines is 1. The van der Waals surface area contributed by atoms with E-state index in [1.165, 1.54) is 5.57 Å². The van der Waals surface area contributed by atoms with E-state index in [1.54, 1.807) is 11.1 Å². The van der Waals surface area contributed by atoms with Crippen LogP contribution < -0.4 is 10.6 Å². The van der Waals surface area contributed by atoms with Gasteiger partial charge in [0, 0.05) is 11.8 Å². The molecule has 0 radical (unpaired) electrons. The van der Waals surface area contributed by atoms with Crippen molar-refractivity contribution in [3.8, 4) is 0 Å². The van der Waals surface area contributed by atoms with Gasteiger partial charge < -0.3 is 5.73 Å². The van der Waals surface area contributed by atoms with Crippen LogP contribution in [0.2, 0.25) is 0 Å². The summed E-state index contributed by atoms with van der Waals surface area (Å²) < 4.78 is 0. The average molecular weight is 187 g/mol. The first kappa shape index (κ1) is 7.55. The molecule has 4 nitrogen and oxygen atoms in total. The smallest absolute Gasteiger partial charge is 0.321 e. The molecule has 4 rings (SSSR count). The number of carbonyl (C=O) groups is 1. The van der Waals surface area contributed by atoms with Crippen LogP contribution in [0.1, 0.15) is 12.0 Å². The van der Waals surface area contributed by atoms with Crippen LogP contribution in [0.4, 0.5) is 10.6 Å². The standard InChI is InChI=1S/C10H9N3O/c11-10(14)13-7-4-6(5-7)8-2-1-3-12-9(8)13/h1-4,7H,5H2,(H2,11,14). The van der Waals surface area contributed by atoms with E-state index in [-0.39, 0.29) is 6.04 Å². The molecule has 1 aliphatic carbocycles. The molecule has 1 unspecified atom stereocenters. The molecular weight excluding hydrogens is 178 g/mol. The molecule has 4 heteroatoms. The second kappa shape index (κ2) is 2.35. The fourth-order valence-corrected chi connectivity index (χ4v) is 2.05. The Balaban J connectivity index is 2.20. The van der Waals surface area contributed by atoms with E-state index in [2.05, 4.69) is 11.1 Å². The van der Waals surface area contributed by atoms with Crippen LogP contribution in [0.5, 0.6) is 0 Å². The summed E-state index contributed by atoms with van der Waals surface area (Å²) >= 11 is 0. The summed E-state index contributed by atoms with van der Waals surface area (Å²) in [5, 5.41) is 0. The summed E-state index contributed by atoms with van der Waals surface area (Å²) in [6, 6.07) is 3.55. The summed E-state index contributed by atoms with van der Waals surface area (Å²) in [7, 11) is 0. The lowest BCUT2D eigenvalue weighted by atomic mass is 9.82. The molecule has 2 bridgehead atoms. The number of urea groups is 1. The van der Waals surface area contributed by atoms with Gasteiger partial charge in [-0.15, -0.1) is 0 Å². The number of aromatic nitrogens is 1. The molecular formula is C10H9N3O. The number of carbonyl (C=O) groups excluding carboxylic acids is 1. The second-order valence-corrected chi connectivity index (χ2v) is 3.55. The van der Waals surface area contributed by atoms with Crippen molar-refractivity contribution in [3.05, 3.63) is 30.0 Å². The molecule has 3 heterocycles. The van der Waals surface area contributed by atoms with Gasteiger partial charge in [0.1, 0.15) is 5.82 Å². The van der Waals surface area contributed by atoms with E-state index in [4.69, 9.17) is 5.73 Å². The molecule has 14 heavy (non-hydrogen) atoms. The molecule has 0 fully saturated rings. The maximum absolute atomic E-state index is 11.2. The molecule has 0 saturated carbocycles. The van der Waals surface area contributed by atoms with Crippen molar-refractivity contribution < 1.29 is 4.79 Å². The van der Waals surface area contributed by atoms with Gasteiger partial charge in [-0.25, -0.2) is 9.78 Å². The molecule has 2 amide bonds. The Morgan fingerprint density at radius 2 is 2.43 bits per heavy atom. The van der Waals surface area contributed by atoms with E-state index in [1.807, 2.05) is 12.1 Å². The van der Waals surface area contributed by atoms with Crippen molar-refractivity contribution in [1.82, 2.24) is 4.98 Å². The van der Waals surface area contributed by atoms with Crippen molar-refractivity contribution in [2.75, 3.05) is 4.90 Å². The third-order valence-electron chi connectivity index (χ3n) is 2.75. The second-order valence-electron chi connectivity index (χ2n) is 3.55. The van der Waals surface area contributed by atoms with Crippen LogP contribution in [-0.4, -0.2) is 17.1 Å². The van der Waals surface area contributed by atoms with Crippen molar-refractivity contribution in [2.24, 2.45) is 5.73 Å². The van der Waals surface area contributed by atoms with Gasteiger partial charge in [-0.2, -0.15) is 0 Å². The number of hydrogen-bond acceptors (Lipinski definition) is 2. The average Bonchev–Trinajstić information content (AvgIpc) is 2.14. The van der Waals surface area contributed by atoms with Gasteiger partial charge in [-0.1, -0.05) is 6.08 Å². The van der Waals surface area contributed by atoms with Crippen LogP contribution in [0.3, 0.4) is 0 Å². The number of rotatable bonds is 0.